The summed E-state index contributed by atoms with van der Waals surface area (Å²) in [6, 6.07) is 2.89. The van der Waals surface area contributed by atoms with Gasteiger partial charge in [0, 0.05) is 18.6 Å². The van der Waals surface area contributed by atoms with Gasteiger partial charge in [-0.25, -0.2) is 0 Å². The summed E-state index contributed by atoms with van der Waals surface area (Å²) < 4.78 is 6.33. The van der Waals surface area contributed by atoms with Gasteiger partial charge in [-0.2, -0.15) is 10.3 Å². The maximum Gasteiger partial charge on any atom is 0.183 e. The normalized spacial score (nSPS) is 38.1. The molecule has 0 aromatic carbocycles. The van der Waals surface area contributed by atoms with E-state index >= 15 is 0 Å². The molecule has 1 heterocycles. The predicted molar refractivity (Wildman–Crippen MR) is 102 cm³/mol. The van der Waals surface area contributed by atoms with Crippen molar-refractivity contribution in [2.45, 2.75) is 96.1 Å². The van der Waals surface area contributed by atoms with Crippen LogP contribution in [0.4, 0.5) is 0 Å². The first-order valence-corrected chi connectivity index (χ1v) is 13.8. The van der Waals surface area contributed by atoms with Crippen LogP contribution in [0.3, 0.4) is 0 Å². The standard InChI is InChI=1S/C20H36N2O2Si/c1-15-9-8-12-17-18(14-23-25(2,3)4)19(13-21)22(24-20(15)17)16-10-6-5-7-11-16/h15-20H,5-12,14H2,1-4H3/t15-,17?,18?,19?,20?/m0/s1. The molecule has 0 aromatic heterocycles. The molecule has 1 saturated heterocycles. The average Bonchev–Trinajstić information content (AvgIpc) is 2.59. The Morgan fingerprint density at radius 1 is 1.08 bits per heavy atom. The van der Waals surface area contributed by atoms with Crippen molar-refractivity contribution in [2.24, 2.45) is 17.8 Å². The smallest absolute Gasteiger partial charge is 0.183 e. The summed E-state index contributed by atoms with van der Waals surface area (Å²) >= 11 is 0. The van der Waals surface area contributed by atoms with E-state index in [0.717, 1.165) is 6.61 Å². The van der Waals surface area contributed by atoms with Gasteiger partial charge in [-0.3, -0.25) is 4.84 Å². The second kappa shape index (κ2) is 8.08. The van der Waals surface area contributed by atoms with Gasteiger partial charge in [0.05, 0.1) is 12.2 Å². The highest BCUT2D eigenvalue weighted by molar-refractivity contribution is 6.69. The van der Waals surface area contributed by atoms with Gasteiger partial charge in [0.15, 0.2) is 8.32 Å². The number of nitrogens with zero attached hydrogens (tertiary/aromatic N) is 2. The van der Waals surface area contributed by atoms with Gasteiger partial charge in [0.25, 0.3) is 0 Å². The number of nitriles is 1. The third-order valence-corrected chi connectivity index (χ3v) is 7.46. The number of fused-ring (bicyclic) bond motifs is 1. The minimum absolute atomic E-state index is 0.147. The monoisotopic (exact) mass is 364 g/mol. The number of hydrogen-bond donors (Lipinski definition) is 0. The van der Waals surface area contributed by atoms with E-state index in [0.29, 0.717) is 23.8 Å². The highest BCUT2D eigenvalue weighted by Crippen LogP contribution is 2.44. The molecule has 3 aliphatic rings. The summed E-state index contributed by atoms with van der Waals surface area (Å²) in [6.45, 7) is 9.79. The largest absolute Gasteiger partial charge is 0.417 e. The Labute approximate surface area is 154 Å². The Balaban J connectivity index is 1.83. The molecule has 3 fully saturated rings. The minimum atomic E-state index is -1.59. The molecule has 5 heteroatoms. The Kier molecular flexibility index (Phi) is 6.26. The molecule has 25 heavy (non-hydrogen) atoms. The Morgan fingerprint density at radius 2 is 1.80 bits per heavy atom. The van der Waals surface area contributed by atoms with Crippen LogP contribution in [0.15, 0.2) is 0 Å². The molecule has 142 valence electrons. The Bertz CT molecular complexity index is 481. The lowest BCUT2D eigenvalue weighted by Crippen LogP contribution is -2.60. The zero-order valence-corrected chi connectivity index (χ0v) is 17.5. The Hall–Kier alpha value is -0.413. The highest BCUT2D eigenvalue weighted by atomic mass is 28.4. The van der Waals surface area contributed by atoms with Gasteiger partial charge >= 0.3 is 0 Å². The molecule has 2 aliphatic carbocycles. The van der Waals surface area contributed by atoms with E-state index < -0.39 is 8.32 Å². The molecule has 4 unspecified atom stereocenters. The van der Waals surface area contributed by atoms with Crippen molar-refractivity contribution >= 4 is 8.32 Å². The molecule has 1 aliphatic heterocycles. The molecule has 0 amide bonds. The third-order valence-electron chi connectivity index (χ3n) is 6.43. The van der Waals surface area contributed by atoms with Crippen LogP contribution in [-0.4, -0.2) is 38.2 Å². The van der Waals surface area contributed by atoms with Gasteiger partial charge in [-0.15, -0.1) is 0 Å². The molecule has 0 radical (unpaired) electrons. The van der Waals surface area contributed by atoms with Crippen LogP contribution >= 0.6 is 0 Å². The molecule has 0 bridgehead atoms. The molecule has 0 spiro atoms. The number of hydrogen-bond acceptors (Lipinski definition) is 4. The SMILES string of the molecule is C[C@H]1CCCC2C(CO[Si](C)(C)C)C(C#N)N(C3CCCCC3)OC21. The summed E-state index contributed by atoms with van der Waals surface area (Å²) in [5.74, 6) is 1.35. The van der Waals surface area contributed by atoms with E-state index in [1.165, 1.54) is 51.4 Å². The first kappa shape index (κ1) is 19.4. The molecular formula is C20H36N2O2Si. The van der Waals surface area contributed by atoms with Crippen LogP contribution in [0.2, 0.25) is 19.6 Å². The van der Waals surface area contributed by atoms with Crippen LogP contribution in [0, 0.1) is 29.1 Å². The van der Waals surface area contributed by atoms with Crippen LogP contribution < -0.4 is 0 Å². The lowest BCUT2D eigenvalue weighted by Gasteiger charge is -2.52. The first-order chi connectivity index (χ1) is 11.9. The molecule has 4 nitrogen and oxygen atoms in total. The van der Waals surface area contributed by atoms with Crippen molar-refractivity contribution in [3.8, 4) is 6.07 Å². The fraction of sp³-hybridized carbons (Fsp3) is 0.950. The average molecular weight is 365 g/mol. The summed E-state index contributed by atoms with van der Waals surface area (Å²) in [5.41, 5.74) is 0. The zero-order valence-electron chi connectivity index (χ0n) is 16.5. The second-order valence-corrected chi connectivity index (χ2v) is 14.0. The van der Waals surface area contributed by atoms with Crippen molar-refractivity contribution < 1.29 is 9.26 Å². The van der Waals surface area contributed by atoms with Crippen molar-refractivity contribution in [2.75, 3.05) is 6.61 Å². The quantitative estimate of drug-likeness (QED) is 0.676. The van der Waals surface area contributed by atoms with Gasteiger partial charge in [-0.05, 0) is 57.2 Å². The van der Waals surface area contributed by atoms with Gasteiger partial charge < -0.3 is 4.43 Å². The second-order valence-electron chi connectivity index (χ2n) is 9.45. The van der Waals surface area contributed by atoms with E-state index in [2.05, 4.69) is 37.7 Å². The summed E-state index contributed by atoms with van der Waals surface area (Å²) in [4.78, 5) is 6.57. The van der Waals surface area contributed by atoms with Crippen molar-refractivity contribution in [3.63, 3.8) is 0 Å². The summed E-state index contributed by atoms with van der Waals surface area (Å²) in [5, 5.41) is 12.2. The van der Waals surface area contributed by atoms with E-state index in [-0.39, 0.29) is 12.1 Å². The first-order valence-electron chi connectivity index (χ1n) is 10.4. The fourth-order valence-electron chi connectivity index (χ4n) is 5.06. The topological polar surface area (TPSA) is 45.5 Å². The number of rotatable bonds is 4. The van der Waals surface area contributed by atoms with Crippen molar-refractivity contribution in [3.05, 3.63) is 0 Å². The van der Waals surface area contributed by atoms with E-state index in [1.54, 1.807) is 0 Å². The van der Waals surface area contributed by atoms with E-state index in [1.807, 2.05) is 0 Å². The molecule has 2 saturated carbocycles. The van der Waals surface area contributed by atoms with Gasteiger partial charge in [0.2, 0.25) is 0 Å². The van der Waals surface area contributed by atoms with Crippen molar-refractivity contribution in [1.82, 2.24) is 5.06 Å². The highest BCUT2D eigenvalue weighted by Gasteiger charge is 2.50. The van der Waals surface area contributed by atoms with Crippen molar-refractivity contribution in [1.29, 1.82) is 5.26 Å². The Morgan fingerprint density at radius 3 is 2.44 bits per heavy atom. The van der Waals surface area contributed by atoms with Crippen LogP contribution in [-0.2, 0) is 9.26 Å². The third kappa shape index (κ3) is 4.47. The van der Waals surface area contributed by atoms with Gasteiger partial charge in [-0.1, -0.05) is 32.6 Å². The van der Waals surface area contributed by atoms with E-state index in [9.17, 15) is 5.26 Å². The minimum Gasteiger partial charge on any atom is -0.417 e. The summed E-state index contributed by atoms with van der Waals surface area (Å²) in [7, 11) is -1.59. The maximum absolute atomic E-state index is 10.0. The molecular weight excluding hydrogens is 328 g/mol. The fourth-order valence-corrected chi connectivity index (χ4v) is 5.75. The molecule has 5 atom stereocenters. The molecule has 0 N–H and O–H groups in total. The van der Waals surface area contributed by atoms with Crippen LogP contribution in [0.25, 0.3) is 0 Å². The maximum atomic E-state index is 10.0. The number of hydroxylamine groups is 2. The molecule has 3 rings (SSSR count). The van der Waals surface area contributed by atoms with Crippen LogP contribution in [0.1, 0.15) is 58.3 Å². The lowest BCUT2D eigenvalue weighted by molar-refractivity contribution is -0.313. The predicted octanol–water partition coefficient (Wildman–Crippen LogP) is 4.73. The molecule has 0 aromatic rings. The van der Waals surface area contributed by atoms with Crippen LogP contribution in [0.5, 0.6) is 0 Å². The van der Waals surface area contributed by atoms with E-state index in [4.69, 9.17) is 9.26 Å². The zero-order chi connectivity index (χ0) is 18.0. The van der Waals surface area contributed by atoms with Gasteiger partial charge in [0.1, 0.15) is 6.04 Å². The lowest BCUT2D eigenvalue weighted by atomic mass is 9.70. The summed E-state index contributed by atoms with van der Waals surface area (Å²) in [6.07, 6.45) is 10.2.